The van der Waals surface area contributed by atoms with Gasteiger partial charge in [0.2, 0.25) is 0 Å². The molecule has 3 heteroatoms. The zero-order valence-electron chi connectivity index (χ0n) is 8.89. The summed E-state index contributed by atoms with van der Waals surface area (Å²) < 4.78 is 1.11. The van der Waals surface area contributed by atoms with Gasteiger partial charge in [0.25, 0.3) is 0 Å². The molecular formula is C13H11IN2. The van der Waals surface area contributed by atoms with E-state index in [1.165, 1.54) is 5.56 Å². The maximum absolute atomic E-state index is 4.22. The second-order valence-corrected chi connectivity index (χ2v) is 4.65. The summed E-state index contributed by atoms with van der Waals surface area (Å²) in [5, 5.41) is 8.42. The number of aryl methyl sites for hydroxylation is 1. The van der Waals surface area contributed by atoms with Gasteiger partial charge in [0.15, 0.2) is 0 Å². The van der Waals surface area contributed by atoms with Gasteiger partial charge in [-0.15, -0.1) is 5.11 Å². The Morgan fingerprint density at radius 1 is 0.875 bits per heavy atom. The van der Waals surface area contributed by atoms with Crippen LogP contribution in [0.3, 0.4) is 0 Å². The molecule has 2 aromatic rings. The minimum Gasteiger partial charge on any atom is -0.151 e. The van der Waals surface area contributed by atoms with Crippen LogP contribution < -0.4 is 0 Å². The normalized spacial score (nSPS) is 10.9. The number of nitrogens with zero attached hydrogens (tertiary/aromatic N) is 2. The SMILES string of the molecule is Cc1ccc(N=Nc2ccccc2I)cc1. The van der Waals surface area contributed by atoms with Crippen LogP contribution in [-0.2, 0) is 0 Å². The molecular weight excluding hydrogens is 311 g/mol. The lowest BCUT2D eigenvalue weighted by Gasteiger charge is -1.96. The fraction of sp³-hybridized carbons (Fsp3) is 0.0769. The van der Waals surface area contributed by atoms with Gasteiger partial charge in [-0.2, -0.15) is 5.11 Å². The van der Waals surface area contributed by atoms with E-state index in [0.717, 1.165) is 14.9 Å². The predicted octanol–water partition coefficient (Wildman–Crippen LogP) is 5.02. The Balaban J connectivity index is 2.21. The number of azo groups is 1. The van der Waals surface area contributed by atoms with Crippen LogP contribution in [-0.4, -0.2) is 0 Å². The molecule has 0 bridgehead atoms. The molecule has 0 amide bonds. The number of benzene rings is 2. The lowest BCUT2D eigenvalue weighted by molar-refractivity contribution is 1.22. The van der Waals surface area contributed by atoms with Crippen LogP contribution in [0.15, 0.2) is 58.8 Å². The monoisotopic (exact) mass is 322 g/mol. The molecule has 0 spiro atoms. The van der Waals surface area contributed by atoms with Crippen LogP contribution in [0.25, 0.3) is 0 Å². The van der Waals surface area contributed by atoms with Crippen LogP contribution in [0.5, 0.6) is 0 Å². The molecule has 0 heterocycles. The molecule has 0 aliphatic carbocycles. The first-order valence-corrected chi connectivity index (χ1v) is 6.06. The van der Waals surface area contributed by atoms with E-state index in [1.54, 1.807) is 0 Å². The van der Waals surface area contributed by atoms with E-state index in [1.807, 2.05) is 48.5 Å². The number of halogens is 1. The molecule has 0 fully saturated rings. The molecule has 0 aliphatic heterocycles. The van der Waals surface area contributed by atoms with Crippen LogP contribution >= 0.6 is 22.6 Å². The average Bonchev–Trinajstić information content (AvgIpc) is 2.30. The third kappa shape index (κ3) is 2.88. The van der Waals surface area contributed by atoms with Gasteiger partial charge < -0.3 is 0 Å². The van der Waals surface area contributed by atoms with Crippen molar-refractivity contribution in [2.75, 3.05) is 0 Å². The molecule has 0 aromatic heterocycles. The van der Waals surface area contributed by atoms with Crippen LogP contribution in [0.4, 0.5) is 11.4 Å². The summed E-state index contributed by atoms with van der Waals surface area (Å²) in [5.41, 5.74) is 3.02. The molecule has 2 nitrogen and oxygen atoms in total. The van der Waals surface area contributed by atoms with E-state index < -0.39 is 0 Å². The number of rotatable bonds is 2. The van der Waals surface area contributed by atoms with Crippen molar-refractivity contribution in [1.29, 1.82) is 0 Å². The number of hydrogen-bond donors (Lipinski definition) is 0. The first-order valence-electron chi connectivity index (χ1n) is 4.98. The molecule has 0 aliphatic rings. The first kappa shape index (κ1) is 11.3. The molecule has 0 N–H and O–H groups in total. The molecule has 0 radical (unpaired) electrons. The fourth-order valence-corrected chi connectivity index (χ4v) is 1.75. The largest absolute Gasteiger partial charge is 0.151 e. The standard InChI is InChI=1S/C13H11IN2/c1-10-6-8-11(9-7-10)15-16-13-5-3-2-4-12(13)14/h2-9H,1H3. The minimum absolute atomic E-state index is 0.880. The Hall–Kier alpha value is -1.23. The highest BCUT2D eigenvalue weighted by atomic mass is 127. The van der Waals surface area contributed by atoms with Gasteiger partial charge in [-0.1, -0.05) is 29.8 Å². The Morgan fingerprint density at radius 3 is 2.25 bits per heavy atom. The van der Waals surface area contributed by atoms with Crippen molar-refractivity contribution < 1.29 is 0 Å². The maximum Gasteiger partial charge on any atom is 0.0990 e. The van der Waals surface area contributed by atoms with Crippen molar-refractivity contribution >= 4 is 34.0 Å². The third-order valence-corrected chi connectivity index (χ3v) is 3.07. The van der Waals surface area contributed by atoms with Crippen molar-refractivity contribution in [2.45, 2.75) is 6.92 Å². The lowest BCUT2D eigenvalue weighted by Crippen LogP contribution is -1.71. The summed E-state index contributed by atoms with van der Waals surface area (Å²) in [7, 11) is 0. The van der Waals surface area contributed by atoms with E-state index in [-0.39, 0.29) is 0 Å². The molecule has 80 valence electrons. The molecule has 2 aromatic carbocycles. The Bertz CT molecular complexity index is 504. The molecule has 16 heavy (non-hydrogen) atoms. The quantitative estimate of drug-likeness (QED) is 0.548. The highest BCUT2D eigenvalue weighted by Gasteiger charge is 1.95. The minimum atomic E-state index is 0.880. The third-order valence-electron chi connectivity index (χ3n) is 2.16. The second kappa shape index (κ2) is 5.21. The summed E-state index contributed by atoms with van der Waals surface area (Å²) in [5.74, 6) is 0. The summed E-state index contributed by atoms with van der Waals surface area (Å²) in [6.45, 7) is 2.06. The average molecular weight is 322 g/mol. The summed E-state index contributed by atoms with van der Waals surface area (Å²) in [6, 6.07) is 15.9. The van der Waals surface area contributed by atoms with Gasteiger partial charge in [-0.3, -0.25) is 0 Å². The Kier molecular flexibility index (Phi) is 3.66. The van der Waals surface area contributed by atoms with Crippen molar-refractivity contribution in [2.24, 2.45) is 10.2 Å². The van der Waals surface area contributed by atoms with E-state index in [9.17, 15) is 0 Å². The lowest BCUT2D eigenvalue weighted by atomic mass is 10.2. The summed E-state index contributed by atoms with van der Waals surface area (Å²) in [6.07, 6.45) is 0. The van der Waals surface area contributed by atoms with Crippen LogP contribution in [0, 0.1) is 10.5 Å². The van der Waals surface area contributed by atoms with Crippen molar-refractivity contribution in [3.8, 4) is 0 Å². The molecule has 0 unspecified atom stereocenters. The van der Waals surface area contributed by atoms with Crippen molar-refractivity contribution in [3.05, 3.63) is 57.7 Å². The van der Waals surface area contributed by atoms with E-state index >= 15 is 0 Å². The highest BCUT2D eigenvalue weighted by molar-refractivity contribution is 14.1. The zero-order valence-corrected chi connectivity index (χ0v) is 11.0. The molecule has 0 saturated carbocycles. The van der Waals surface area contributed by atoms with E-state index in [2.05, 4.69) is 39.7 Å². The van der Waals surface area contributed by atoms with E-state index in [4.69, 9.17) is 0 Å². The smallest absolute Gasteiger partial charge is 0.0990 e. The summed E-state index contributed by atoms with van der Waals surface area (Å²) in [4.78, 5) is 0. The Morgan fingerprint density at radius 2 is 1.56 bits per heavy atom. The molecule has 0 saturated heterocycles. The zero-order chi connectivity index (χ0) is 11.4. The second-order valence-electron chi connectivity index (χ2n) is 3.49. The molecule has 0 atom stereocenters. The van der Waals surface area contributed by atoms with Gasteiger partial charge in [-0.05, 0) is 53.8 Å². The predicted molar refractivity (Wildman–Crippen MR) is 74.5 cm³/mol. The van der Waals surface area contributed by atoms with E-state index in [0.29, 0.717) is 0 Å². The van der Waals surface area contributed by atoms with Gasteiger partial charge in [0.05, 0.1) is 11.4 Å². The van der Waals surface area contributed by atoms with Gasteiger partial charge >= 0.3 is 0 Å². The topological polar surface area (TPSA) is 24.7 Å². The fourth-order valence-electron chi connectivity index (χ4n) is 1.26. The maximum atomic E-state index is 4.22. The Labute approximate surface area is 109 Å². The summed E-state index contributed by atoms with van der Waals surface area (Å²) >= 11 is 2.25. The van der Waals surface area contributed by atoms with Crippen molar-refractivity contribution in [1.82, 2.24) is 0 Å². The van der Waals surface area contributed by atoms with Gasteiger partial charge in [0.1, 0.15) is 0 Å². The van der Waals surface area contributed by atoms with Crippen molar-refractivity contribution in [3.63, 3.8) is 0 Å². The number of hydrogen-bond acceptors (Lipinski definition) is 2. The first-order chi connectivity index (χ1) is 7.75. The van der Waals surface area contributed by atoms with Gasteiger partial charge in [0, 0.05) is 3.57 Å². The van der Waals surface area contributed by atoms with Crippen LogP contribution in [0.1, 0.15) is 5.56 Å². The van der Waals surface area contributed by atoms with Crippen LogP contribution in [0.2, 0.25) is 0 Å². The van der Waals surface area contributed by atoms with Gasteiger partial charge in [-0.25, -0.2) is 0 Å². The highest BCUT2D eigenvalue weighted by Crippen LogP contribution is 2.23. The molecule has 2 rings (SSSR count).